The number of ether oxygens (including phenoxy) is 3. The molecule has 6 heteroatoms. The van der Waals surface area contributed by atoms with Crippen LogP contribution in [-0.2, 0) is 16.1 Å². The van der Waals surface area contributed by atoms with Gasteiger partial charge in [0.1, 0.15) is 0 Å². The van der Waals surface area contributed by atoms with Crippen LogP contribution in [0.2, 0.25) is 0 Å². The summed E-state index contributed by atoms with van der Waals surface area (Å²) in [6, 6.07) is 3.63. The molecule has 1 aromatic rings. The van der Waals surface area contributed by atoms with Gasteiger partial charge in [-0.05, 0) is 50.6 Å². The van der Waals surface area contributed by atoms with Crippen LogP contribution >= 0.6 is 0 Å². The smallest absolute Gasteiger partial charge is 0.309 e. The Kier molecular flexibility index (Phi) is 6.10. The molecule has 1 aliphatic heterocycles. The molecule has 0 aliphatic carbocycles. The van der Waals surface area contributed by atoms with E-state index in [9.17, 15) is 9.90 Å². The first-order chi connectivity index (χ1) is 11.1. The first kappa shape index (κ1) is 17.4. The van der Waals surface area contributed by atoms with Crippen molar-refractivity contribution in [3.63, 3.8) is 0 Å². The lowest BCUT2D eigenvalue weighted by molar-refractivity contribution is -0.149. The van der Waals surface area contributed by atoms with Gasteiger partial charge >= 0.3 is 5.97 Å². The molecular weight excluding hydrogens is 298 g/mol. The predicted molar refractivity (Wildman–Crippen MR) is 85.8 cm³/mol. The standard InChI is InChI=1S/C17H25NO5/c1-4-23-17(20)13-5-7-18(8-6-13)11-12-9-14(21-2)16(19)15(10-12)22-3/h9-10,13,19H,4-8,11H2,1-3H3. The van der Waals surface area contributed by atoms with Crippen molar-refractivity contribution in [2.75, 3.05) is 33.9 Å². The molecule has 1 N–H and O–H groups in total. The molecule has 23 heavy (non-hydrogen) atoms. The van der Waals surface area contributed by atoms with Gasteiger partial charge in [-0.2, -0.15) is 0 Å². The average molecular weight is 323 g/mol. The van der Waals surface area contributed by atoms with E-state index < -0.39 is 0 Å². The van der Waals surface area contributed by atoms with Crippen LogP contribution in [0.1, 0.15) is 25.3 Å². The number of hydrogen-bond acceptors (Lipinski definition) is 6. The van der Waals surface area contributed by atoms with Crippen molar-refractivity contribution in [3.05, 3.63) is 17.7 Å². The van der Waals surface area contributed by atoms with E-state index in [0.29, 0.717) is 18.1 Å². The van der Waals surface area contributed by atoms with Crippen LogP contribution in [0.25, 0.3) is 0 Å². The van der Waals surface area contributed by atoms with Crippen molar-refractivity contribution < 1.29 is 24.1 Å². The highest BCUT2D eigenvalue weighted by Crippen LogP contribution is 2.37. The highest BCUT2D eigenvalue weighted by molar-refractivity contribution is 5.72. The monoisotopic (exact) mass is 323 g/mol. The first-order valence-electron chi connectivity index (χ1n) is 7.91. The van der Waals surface area contributed by atoms with Crippen molar-refractivity contribution in [1.29, 1.82) is 0 Å². The van der Waals surface area contributed by atoms with Crippen molar-refractivity contribution in [1.82, 2.24) is 4.90 Å². The third-order valence-corrected chi connectivity index (χ3v) is 4.15. The normalized spacial score (nSPS) is 16.1. The SMILES string of the molecule is CCOC(=O)C1CCN(Cc2cc(OC)c(O)c(OC)c2)CC1. The molecule has 128 valence electrons. The average Bonchev–Trinajstić information content (AvgIpc) is 2.57. The van der Waals surface area contributed by atoms with Crippen LogP contribution in [0.3, 0.4) is 0 Å². The lowest BCUT2D eigenvalue weighted by atomic mass is 9.96. The molecule has 0 unspecified atom stereocenters. The Morgan fingerprint density at radius 2 is 1.78 bits per heavy atom. The van der Waals surface area contributed by atoms with Gasteiger partial charge in [0, 0.05) is 6.54 Å². The van der Waals surface area contributed by atoms with E-state index in [4.69, 9.17) is 14.2 Å². The Morgan fingerprint density at radius 3 is 2.26 bits per heavy atom. The second-order valence-corrected chi connectivity index (χ2v) is 5.65. The lowest BCUT2D eigenvalue weighted by Crippen LogP contribution is -2.36. The number of esters is 1. The van der Waals surface area contributed by atoms with E-state index in [2.05, 4.69) is 4.90 Å². The zero-order chi connectivity index (χ0) is 16.8. The van der Waals surface area contributed by atoms with Gasteiger partial charge in [0.05, 0.1) is 26.7 Å². The number of rotatable bonds is 6. The fraction of sp³-hybridized carbons (Fsp3) is 0.588. The van der Waals surface area contributed by atoms with Crippen LogP contribution in [0, 0.1) is 5.92 Å². The van der Waals surface area contributed by atoms with Gasteiger partial charge in [-0.1, -0.05) is 0 Å². The molecule has 6 nitrogen and oxygen atoms in total. The van der Waals surface area contributed by atoms with Gasteiger partial charge in [0.2, 0.25) is 5.75 Å². The summed E-state index contributed by atoms with van der Waals surface area (Å²) in [4.78, 5) is 14.0. The van der Waals surface area contributed by atoms with Crippen LogP contribution in [-0.4, -0.2) is 49.9 Å². The maximum absolute atomic E-state index is 11.8. The Labute approximate surface area is 136 Å². The van der Waals surface area contributed by atoms with Crippen LogP contribution < -0.4 is 9.47 Å². The second-order valence-electron chi connectivity index (χ2n) is 5.65. The number of nitrogens with zero attached hydrogens (tertiary/aromatic N) is 1. The zero-order valence-electron chi connectivity index (χ0n) is 14.0. The topological polar surface area (TPSA) is 68.2 Å². The van der Waals surface area contributed by atoms with Gasteiger partial charge in [-0.3, -0.25) is 9.69 Å². The summed E-state index contributed by atoms with van der Waals surface area (Å²) in [5.41, 5.74) is 1.01. The number of piperidine rings is 1. The van der Waals surface area contributed by atoms with Gasteiger partial charge < -0.3 is 19.3 Å². The molecule has 0 saturated carbocycles. The molecule has 0 aromatic heterocycles. The van der Waals surface area contributed by atoms with E-state index in [1.54, 1.807) is 0 Å². The Bertz CT molecular complexity index is 513. The molecule has 0 radical (unpaired) electrons. The predicted octanol–water partition coefficient (Wildman–Crippen LogP) is 2.18. The second kappa shape index (κ2) is 8.06. The van der Waals surface area contributed by atoms with Gasteiger partial charge in [0.15, 0.2) is 11.5 Å². The molecule has 1 aromatic carbocycles. The minimum atomic E-state index is -0.0832. The number of benzene rings is 1. The summed E-state index contributed by atoms with van der Waals surface area (Å²) in [6.45, 7) is 4.68. The van der Waals surface area contributed by atoms with Crippen molar-refractivity contribution in [2.24, 2.45) is 5.92 Å². The third kappa shape index (κ3) is 4.28. The number of aromatic hydroxyl groups is 1. The molecule has 0 spiro atoms. The fourth-order valence-corrected chi connectivity index (χ4v) is 2.88. The maximum Gasteiger partial charge on any atom is 0.309 e. The molecule has 1 aliphatic rings. The van der Waals surface area contributed by atoms with Crippen molar-refractivity contribution >= 4 is 5.97 Å². The van der Waals surface area contributed by atoms with E-state index in [1.807, 2.05) is 19.1 Å². The number of hydrogen-bond donors (Lipinski definition) is 1. The van der Waals surface area contributed by atoms with Crippen molar-refractivity contribution in [3.8, 4) is 17.2 Å². The van der Waals surface area contributed by atoms with Crippen LogP contribution in [0.15, 0.2) is 12.1 Å². The summed E-state index contributed by atoms with van der Waals surface area (Å²) < 4.78 is 15.5. The molecule has 1 saturated heterocycles. The molecular formula is C17H25NO5. The summed E-state index contributed by atoms with van der Waals surface area (Å²) in [6.07, 6.45) is 1.62. The largest absolute Gasteiger partial charge is 0.502 e. The van der Waals surface area contributed by atoms with E-state index in [-0.39, 0.29) is 17.6 Å². The van der Waals surface area contributed by atoms with Crippen LogP contribution in [0.5, 0.6) is 17.2 Å². The number of carbonyl (C=O) groups is 1. The summed E-state index contributed by atoms with van der Waals surface area (Å²) in [5.74, 6) is 0.747. The summed E-state index contributed by atoms with van der Waals surface area (Å²) >= 11 is 0. The maximum atomic E-state index is 11.8. The Hall–Kier alpha value is -1.95. The minimum absolute atomic E-state index is 0.00934. The number of phenolic OH excluding ortho intramolecular Hbond substituents is 1. The summed E-state index contributed by atoms with van der Waals surface area (Å²) in [7, 11) is 3.03. The number of carbonyl (C=O) groups excluding carboxylic acids is 1. The number of likely N-dealkylation sites (tertiary alicyclic amines) is 1. The lowest BCUT2D eigenvalue weighted by Gasteiger charge is -2.31. The molecule has 0 bridgehead atoms. The number of phenols is 1. The third-order valence-electron chi connectivity index (χ3n) is 4.15. The molecule has 2 rings (SSSR count). The van der Waals surface area contributed by atoms with Gasteiger partial charge in [-0.15, -0.1) is 0 Å². The molecule has 1 fully saturated rings. The Balaban J connectivity index is 1.97. The van der Waals surface area contributed by atoms with Crippen LogP contribution in [0.4, 0.5) is 0 Å². The molecule has 1 heterocycles. The quantitative estimate of drug-likeness (QED) is 0.809. The van der Waals surface area contributed by atoms with Gasteiger partial charge in [-0.25, -0.2) is 0 Å². The molecule has 0 atom stereocenters. The number of methoxy groups -OCH3 is 2. The summed E-state index contributed by atoms with van der Waals surface area (Å²) in [5, 5.41) is 9.95. The van der Waals surface area contributed by atoms with E-state index in [0.717, 1.165) is 38.0 Å². The van der Waals surface area contributed by atoms with Crippen molar-refractivity contribution in [2.45, 2.75) is 26.3 Å². The zero-order valence-corrected chi connectivity index (χ0v) is 14.0. The Morgan fingerprint density at radius 1 is 1.22 bits per heavy atom. The highest BCUT2D eigenvalue weighted by atomic mass is 16.5. The highest BCUT2D eigenvalue weighted by Gasteiger charge is 2.26. The first-order valence-corrected chi connectivity index (χ1v) is 7.91. The van der Waals surface area contributed by atoms with E-state index in [1.165, 1.54) is 14.2 Å². The minimum Gasteiger partial charge on any atom is -0.502 e. The molecule has 0 amide bonds. The fourth-order valence-electron chi connectivity index (χ4n) is 2.88. The van der Waals surface area contributed by atoms with E-state index >= 15 is 0 Å². The van der Waals surface area contributed by atoms with Gasteiger partial charge in [0.25, 0.3) is 0 Å².